The highest BCUT2D eigenvalue weighted by Gasteiger charge is 2.27. The predicted molar refractivity (Wildman–Crippen MR) is 92.3 cm³/mol. The summed E-state index contributed by atoms with van der Waals surface area (Å²) in [5.41, 5.74) is 1.60. The van der Waals surface area contributed by atoms with Crippen molar-refractivity contribution in [3.8, 4) is 11.4 Å². The number of ether oxygens (including phenoxy) is 1. The van der Waals surface area contributed by atoms with Crippen molar-refractivity contribution in [3.05, 3.63) is 30.1 Å². The van der Waals surface area contributed by atoms with Crippen LogP contribution in [0.15, 0.2) is 24.3 Å². The van der Waals surface area contributed by atoms with Crippen LogP contribution in [-0.2, 0) is 9.53 Å². The van der Waals surface area contributed by atoms with Crippen LogP contribution < -0.4 is 10.6 Å². The highest BCUT2D eigenvalue weighted by molar-refractivity contribution is 5.94. The molecule has 1 aliphatic carbocycles. The van der Waals surface area contributed by atoms with Gasteiger partial charge in [-0.2, -0.15) is 5.10 Å². The Morgan fingerprint density at radius 1 is 1.33 bits per heavy atom. The number of rotatable bonds is 4. The van der Waals surface area contributed by atoms with Gasteiger partial charge in [0.05, 0.1) is 6.61 Å². The van der Waals surface area contributed by atoms with E-state index in [1.807, 2.05) is 24.3 Å². The summed E-state index contributed by atoms with van der Waals surface area (Å²) >= 11 is 0. The van der Waals surface area contributed by atoms with Gasteiger partial charge in [0.1, 0.15) is 11.9 Å². The van der Waals surface area contributed by atoms with E-state index in [9.17, 15) is 4.79 Å². The lowest BCUT2D eigenvalue weighted by Gasteiger charge is -2.22. The Kier molecular flexibility index (Phi) is 5.13. The van der Waals surface area contributed by atoms with Crippen molar-refractivity contribution >= 4 is 24.0 Å². The van der Waals surface area contributed by atoms with E-state index in [0.717, 1.165) is 23.6 Å². The van der Waals surface area contributed by atoms with Crippen molar-refractivity contribution in [2.24, 2.45) is 0 Å². The second-order valence-electron chi connectivity index (χ2n) is 5.95. The number of amides is 1. The van der Waals surface area contributed by atoms with Crippen molar-refractivity contribution in [1.29, 1.82) is 0 Å². The minimum atomic E-state index is -0.447. The molecule has 0 spiro atoms. The molecule has 1 saturated carbocycles. The number of carbonyl (C=O) groups is 1. The van der Waals surface area contributed by atoms with Crippen LogP contribution in [-0.4, -0.2) is 46.9 Å². The molecule has 1 unspecified atom stereocenters. The van der Waals surface area contributed by atoms with E-state index in [4.69, 9.17) is 4.74 Å². The monoisotopic (exact) mass is 349 g/mol. The van der Waals surface area contributed by atoms with Gasteiger partial charge in [-0.3, -0.25) is 9.89 Å². The Hall–Kier alpha value is -1.96. The molecule has 4 rings (SSSR count). The summed E-state index contributed by atoms with van der Waals surface area (Å²) in [6, 6.07) is 7.56. The third-order valence-electron chi connectivity index (χ3n) is 4.08. The van der Waals surface area contributed by atoms with Gasteiger partial charge in [0.25, 0.3) is 5.91 Å². The van der Waals surface area contributed by atoms with Gasteiger partial charge < -0.3 is 15.4 Å². The summed E-state index contributed by atoms with van der Waals surface area (Å²) in [5, 5.41) is 13.3. The Labute approximate surface area is 146 Å². The lowest BCUT2D eigenvalue weighted by molar-refractivity contribution is -0.128. The molecule has 24 heavy (non-hydrogen) atoms. The summed E-state index contributed by atoms with van der Waals surface area (Å²) in [4.78, 5) is 16.7. The topological polar surface area (TPSA) is 91.9 Å². The maximum absolute atomic E-state index is 12.2. The number of benzene rings is 1. The standard InChI is InChI=1S/C16H19N5O2.ClH/c22-16(13-9-17-6-7-23-13)18-12-3-1-2-11(8-12)15-19-14(20-21-15)10-4-5-10;/h1-3,8,10,13,17H,4-7,9H2,(H,18,22)(H,19,20,21);1H. The lowest BCUT2D eigenvalue weighted by atomic mass is 10.2. The molecule has 0 radical (unpaired) electrons. The first kappa shape index (κ1) is 16.9. The van der Waals surface area contributed by atoms with E-state index in [-0.39, 0.29) is 18.3 Å². The van der Waals surface area contributed by atoms with Gasteiger partial charge in [0.15, 0.2) is 5.82 Å². The molecule has 1 saturated heterocycles. The van der Waals surface area contributed by atoms with E-state index in [1.54, 1.807) is 0 Å². The molecule has 1 aromatic heterocycles. The van der Waals surface area contributed by atoms with Crippen molar-refractivity contribution in [3.63, 3.8) is 0 Å². The predicted octanol–water partition coefficient (Wildman–Crippen LogP) is 1.70. The maximum atomic E-state index is 12.2. The van der Waals surface area contributed by atoms with E-state index in [0.29, 0.717) is 24.9 Å². The molecule has 1 atom stereocenters. The zero-order valence-corrected chi connectivity index (χ0v) is 13.9. The summed E-state index contributed by atoms with van der Waals surface area (Å²) in [7, 11) is 0. The third-order valence-corrected chi connectivity index (χ3v) is 4.08. The quantitative estimate of drug-likeness (QED) is 0.781. The first-order valence-electron chi connectivity index (χ1n) is 7.95. The van der Waals surface area contributed by atoms with Crippen LogP contribution >= 0.6 is 12.4 Å². The number of halogens is 1. The summed E-state index contributed by atoms with van der Waals surface area (Å²) < 4.78 is 5.46. The molecule has 2 fully saturated rings. The fourth-order valence-electron chi connectivity index (χ4n) is 2.64. The first-order valence-corrected chi connectivity index (χ1v) is 7.95. The Bertz CT molecular complexity index is 710. The van der Waals surface area contributed by atoms with Gasteiger partial charge in [-0.15, -0.1) is 12.4 Å². The van der Waals surface area contributed by atoms with Gasteiger partial charge in [0.2, 0.25) is 0 Å². The molecule has 1 aromatic carbocycles. The molecule has 1 amide bonds. The largest absolute Gasteiger partial charge is 0.366 e. The Balaban J connectivity index is 0.00000169. The Morgan fingerprint density at radius 2 is 2.21 bits per heavy atom. The van der Waals surface area contributed by atoms with E-state index < -0.39 is 6.10 Å². The zero-order chi connectivity index (χ0) is 15.6. The molecule has 2 aromatic rings. The Morgan fingerprint density at radius 3 is 2.96 bits per heavy atom. The van der Waals surface area contributed by atoms with Crippen molar-refractivity contribution in [1.82, 2.24) is 20.5 Å². The number of hydrogen-bond acceptors (Lipinski definition) is 5. The molecular weight excluding hydrogens is 330 g/mol. The van der Waals surface area contributed by atoms with Crippen LogP contribution in [0.2, 0.25) is 0 Å². The molecular formula is C16H20ClN5O2. The minimum Gasteiger partial charge on any atom is -0.366 e. The van der Waals surface area contributed by atoms with Gasteiger partial charge in [-0.25, -0.2) is 4.98 Å². The van der Waals surface area contributed by atoms with Crippen LogP contribution in [0.3, 0.4) is 0 Å². The molecule has 8 heteroatoms. The fourth-order valence-corrected chi connectivity index (χ4v) is 2.64. The molecule has 3 N–H and O–H groups in total. The van der Waals surface area contributed by atoms with Crippen LogP contribution in [0.25, 0.3) is 11.4 Å². The number of morpholine rings is 1. The summed E-state index contributed by atoms with van der Waals surface area (Å²) in [6.07, 6.45) is 1.91. The number of nitrogens with one attached hydrogen (secondary N) is 3. The lowest BCUT2D eigenvalue weighted by Crippen LogP contribution is -2.45. The number of hydrogen-bond donors (Lipinski definition) is 3. The number of H-pyrrole nitrogens is 1. The van der Waals surface area contributed by atoms with Crippen LogP contribution in [0.5, 0.6) is 0 Å². The van der Waals surface area contributed by atoms with Crippen molar-refractivity contribution in [2.75, 3.05) is 25.0 Å². The van der Waals surface area contributed by atoms with E-state index >= 15 is 0 Å². The number of aromatic nitrogens is 3. The number of aromatic amines is 1. The second-order valence-corrected chi connectivity index (χ2v) is 5.95. The fraction of sp³-hybridized carbons (Fsp3) is 0.438. The highest BCUT2D eigenvalue weighted by atomic mass is 35.5. The maximum Gasteiger partial charge on any atom is 0.254 e. The van der Waals surface area contributed by atoms with Crippen molar-refractivity contribution < 1.29 is 9.53 Å². The van der Waals surface area contributed by atoms with Gasteiger partial charge in [0, 0.05) is 30.3 Å². The zero-order valence-electron chi connectivity index (χ0n) is 13.1. The van der Waals surface area contributed by atoms with Gasteiger partial charge in [-0.1, -0.05) is 12.1 Å². The molecule has 1 aliphatic heterocycles. The SMILES string of the molecule is Cl.O=C(Nc1cccc(-c2n[nH]c(C3CC3)n2)c1)C1CNCCO1. The minimum absolute atomic E-state index is 0. The van der Waals surface area contributed by atoms with Crippen LogP contribution in [0.4, 0.5) is 5.69 Å². The number of anilines is 1. The number of nitrogens with zero attached hydrogens (tertiary/aromatic N) is 2. The molecule has 7 nitrogen and oxygen atoms in total. The van der Waals surface area contributed by atoms with Gasteiger partial charge in [-0.05, 0) is 25.0 Å². The van der Waals surface area contributed by atoms with E-state index in [2.05, 4.69) is 25.8 Å². The molecule has 2 aliphatic rings. The molecule has 2 heterocycles. The van der Waals surface area contributed by atoms with Crippen LogP contribution in [0.1, 0.15) is 24.6 Å². The number of carbonyl (C=O) groups excluding carboxylic acids is 1. The normalized spacial score (nSPS) is 20.2. The van der Waals surface area contributed by atoms with E-state index in [1.165, 1.54) is 12.8 Å². The van der Waals surface area contributed by atoms with Crippen molar-refractivity contribution in [2.45, 2.75) is 24.9 Å². The average molecular weight is 350 g/mol. The smallest absolute Gasteiger partial charge is 0.254 e. The third kappa shape index (κ3) is 3.75. The average Bonchev–Trinajstić information content (AvgIpc) is 3.33. The van der Waals surface area contributed by atoms with Gasteiger partial charge >= 0.3 is 0 Å². The molecule has 0 bridgehead atoms. The molecule has 128 valence electrons. The van der Waals surface area contributed by atoms with Crippen LogP contribution in [0, 0.1) is 0 Å². The highest BCUT2D eigenvalue weighted by Crippen LogP contribution is 2.38. The first-order chi connectivity index (χ1) is 11.3. The second kappa shape index (κ2) is 7.29. The summed E-state index contributed by atoms with van der Waals surface area (Å²) in [6.45, 7) is 1.88. The summed E-state index contributed by atoms with van der Waals surface area (Å²) in [5.74, 6) is 2.02.